The molecule has 1 saturated carbocycles. The molecule has 3 atom stereocenters. The van der Waals surface area contributed by atoms with Crippen molar-refractivity contribution in [1.82, 2.24) is 15.3 Å². The molecule has 3 aliphatic heterocycles. The molecule has 6 rings (SSSR count). The van der Waals surface area contributed by atoms with Crippen LogP contribution in [0.1, 0.15) is 42.6 Å². The van der Waals surface area contributed by atoms with Crippen LogP contribution in [0.3, 0.4) is 0 Å². The number of carbonyl (C=O) groups excluding carboxylic acids is 2. The topological polar surface area (TPSA) is 118 Å². The fourth-order valence-electron chi connectivity index (χ4n) is 5.12. The van der Waals surface area contributed by atoms with Crippen molar-refractivity contribution in [2.45, 2.75) is 56.4 Å². The van der Waals surface area contributed by atoms with Crippen LogP contribution in [-0.4, -0.2) is 79.1 Å². The van der Waals surface area contributed by atoms with E-state index in [1.165, 1.54) is 17.2 Å². The normalized spacial score (nSPS) is 24.6. The van der Waals surface area contributed by atoms with E-state index in [1.54, 1.807) is 18.2 Å². The smallest absolute Gasteiger partial charge is 0.329 e. The number of ether oxygens (including phenoxy) is 3. The minimum absolute atomic E-state index is 0.0221. The van der Waals surface area contributed by atoms with Gasteiger partial charge in [-0.15, -0.1) is 0 Å². The molecular weight excluding hydrogens is 514 g/mol. The monoisotopic (exact) mass is 544 g/mol. The van der Waals surface area contributed by atoms with Crippen LogP contribution >= 0.6 is 0 Å². The van der Waals surface area contributed by atoms with E-state index in [4.69, 9.17) is 14.2 Å². The first-order chi connectivity index (χ1) is 18.9. The van der Waals surface area contributed by atoms with Crippen LogP contribution in [0.2, 0.25) is 0 Å². The molecule has 1 aliphatic carbocycles. The van der Waals surface area contributed by atoms with Gasteiger partial charge in [0.25, 0.3) is 11.8 Å². The Labute approximate surface area is 223 Å². The summed E-state index contributed by atoms with van der Waals surface area (Å²) >= 11 is 0. The van der Waals surface area contributed by atoms with E-state index in [2.05, 4.69) is 25.5 Å². The zero-order valence-corrected chi connectivity index (χ0v) is 21.3. The Morgan fingerprint density at radius 1 is 1.18 bits per heavy atom. The van der Waals surface area contributed by atoms with Crippen LogP contribution in [0, 0.1) is 0 Å². The molecule has 2 aromatic heterocycles. The van der Waals surface area contributed by atoms with Gasteiger partial charge < -0.3 is 24.4 Å². The number of fused-ring (bicyclic) bond motifs is 4. The van der Waals surface area contributed by atoms with Gasteiger partial charge in [-0.3, -0.25) is 15.0 Å². The Morgan fingerprint density at radius 3 is 2.85 bits per heavy atom. The Bertz CT molecular complexity index is 1240. The number of aromatic nitrogens is 2. The molecule has 5 heterocycles. The zero-order chi connectivity index (χ0) is 27.0. The Morgan fingerprint density at radius 2 is 2.05 bits per heavy atom. The van der Waals surface area contributed by atoms with Crippen molar-refractivity contribution in [2.24, 2.45) is 0 Å². The van der Waals surface area contributed by atoms with E-state index < -0.39 is 23.9 Å². The number of amides is 3. The highest BCUT2D eigenvalue weighted by Gasteiger charge is 2.58. The summed E-state index contributed by atoms with van der Waals surface area (Å²) in [4.78, 5) is 38.3. The Kier molecular flexibility index (Phi) is 6.94. The number of hydrogen-bond donors (Lipinski definition) is 2. The van der Waals surface area contributed by atoms with Crippen LogP contribution in [0.25, 0.3) is 0 Å². The quantitative estimate of drug-likeness (QED) is 0.487. The molecule has 3 unspecified atom stereocenters. The Balaban J connectivity index is 1.11. The average molecular weight is 545 g/mol. The molecule has 208 valence electrons. The van der Waals surface area contributed by atoms with E-state index in [0.717, 1.165) is 32.2 Å². The van der Waals surface area contributed by atoms with Gasteiger partial charge in [-0.05, 0) is 43.9 Å². The molecule has 0 aromatic carbocycles. The number of carbonyl (C=O) groups is 2. The summed E-state index contributed by atoms with van der Waals surface area (Å²) in [6.07, 6.45) is 4.70. The molecule has 2 N–H and O–H groups in total. The standard InChI is InChI=1S/C26H30F2N6O5/c27-26(28)14-20(26)31-24(35)18-4-5-19-23(30-18)34(16-7-9-33(19)15-16)25(36)32-21-13-17(6-8-29-21)37-11-12-39-22-3-1-2-10-38-22/h4-6,8,13,16,20,22H,1-3,7,9-12,14-15H2,(H,31,35)(H,29,32,36). The molecule has 2 saturated heterocycles. The lowest BCUT2D eigenvalue weighted by molar-refractivity contribution is -0.165. The maximum Gasteiger partial charge on any atom is 0.329 e. The lowest BCUT2D eigenvalue weighted by atomic mass is 10.1. The van der Waals surface area contributed by atoms with Crippen LogP contribution < -0.4 is 25.2 Å². The SMILES string of the molecule is O=C(NC1CC1(F)F)c1ccc2c(n1)N(C(=O)Nc1cc(OCCOC3CCCCO3)ccn1)C1CCN2C1. The van der Waals surface area contributed by atoms with Gasteiger partial charge in [0.05, 0.1) is 24.4 Å². The summed E-state index contributed by atoms with van der Waals surface area (Å²) in [5.41, 5.74) is 0.685. The number of urea groups is 1. The molecule has 0 radical (unpaired) electrons. The minimum Gasteiger partial charge on any atom is -0.491 e. The Hall–Kier alpha value is -3.58. The van der Waals surface area contributed by atoms with Crippen molar-refractivity contribution in [3.8, 4) is 5.75 Å². The van der Waals surface area contributed by atoms with Crippen molar-refractivity contribution < 1.29 is 32.6 Å². The lowest BCUT2D eigenvalue weighted by Gasteiger charge is -2.35. The summed E-state index contributed by atoms with van der Waals surface area (Å²) in [6.45, 7) is 2.76. The van der Waals surface area contributed by atoms with Crippen molar-refractivity contribution in [2.75, 3.05) is 48.0 Å². The third-order valence-electron chi connectivity index (χ3n) is 7.29. The molecule has 4 aliphatic rings. The van der Waals surface area contributed by atoms with Crippen molar-refractivity contribution in [1.29, 1.82) is 0 Å². The number of rotatable bonds is 8. The highest BCUT2D eigenvalue weighted by atomic mass is 19.3. The molecule has 3 fully saturated rings. The number of nitrogens with one attached hydrogen (secondary N) is 2. The second-order valence-electron chi connectivity index (χ2n) is 10.1. The molecule has 3 amide bonds. The van der Waals surface area contributed by atoms with Crippen molar-refractivity contribution in [3.05, 3.63) is 36.2 Å². The van der Waals surface area contributed by atoms with Crippen molar-refractivity contribution >= 4 is 29.3 Å². The predicted molar refractivity (Wildman–Crippen MR) is 136 cm³/mol. The summed E-state index contributed by atoms with van der Waals surface area (Å²) in [7, 11) is 0. The number of alkyl halides is 2. The summed E-state index contributed by atoms with van der Waals surface area (Å²) in [5.74, 6) is -2.46. The van der Waals surface area contributed by atoms with E-state index in [9.17, 15) is 18.4 Å². The number of nitrogens with zero attached hydrogens (tertiary/aromatic N) is 4. The van der Waals surface area contributed by atoms with Gasteiger partial charge in [-0.2, -0.15) is 0 Å². The maximum absolute atomic E-state index is 13.5. The van der Waals surface area contributed by atoms with Gasteiger partial charge in [0.2, 0.25) is 0 Å². The van der Waals surface area contributed by atoms with Crippen molar-refractivity contribution in [3.63, 3.8) is 0 Å². The van der Waals surface area contributed by atoms with Gasteiger partial charge in [-0.25, -0.2) is 23.5 Å². The minimum atomic E-state index is -2.89. The molecule has 0 spiro atoms. The van der Waals surface area contributed by atoms with Crippen LogP contribution in [-0.2, 0) is 9.47 Å². The highest BCUT2D eigenvalue weighted by Crippen LogP contribution is 2.42. The molecule has 2 bridgehead atoms. The molecule has 39 heavy (non-hydrogen) atoms. The van der Waals surface area contributed by atoms with Crippen LogP contribution in [0.4, 0.5) is 30.9 Å². The van der Waals surface area contributed by atoms with E-state index in [1.807, 2.05) is 0 Å². The third kappa shape index (κ3) is 5.59. The number of halogens is 2. The number of anilines is 3. The number of hydrogen-bond acceptors (Lipinski definition) is 8. The van der Waals surface area contributed by atoms with Gasteiger partial charge in [0.1, 0.15) is 23.9 Å². The lowest BCUT2D eigenvalue weighted by Crippen LogP contribution is -2.48. The van der Waals surface area contributed by atoms with Gasteiger partial charge in [0.15, 0.2) is 12.1 Å². The van der Waals surface area contributed by atoms with E-state index >= 15 is 0 Å². The third-order valence-corrected chi connectivity index (χ3v) is 7.29. The average Bonchev–Trinajstić information content (AvgIpc) is 3.32. The zero-order valence-electron chi connectivity index (χ0n) is 21.3. The first-order valence-electron chi connectivity index (χ1n) is 13.2. The van der Waals surface area contributed by atoms with Crippen LogP contribution in [0.15, 0.2) is 30.5 Å². The molecule has 2 aromatic rings. The van der Waals surface area contributed by atoms with Gasteiger partial charge >= 0.3 is 6.03 Å². The summed E-state index contributed by atoms with van der Waals surface area (Å²) < 4.78 is 43.6. The first kappa shape index (κ1) is 25.7. The van der Waals surface area contributed by atoms with Gasteiger partial charge in [-0.1, -0.05) is 0 Å². The summed E-state index contributed by atoms with van der Waals surface area (Å²) in [5, 5.41) is 5.12. The second kappa shape index (κ2) is 10.5. The summed E-state index contributed by atoms with van der Waals surface area (Å²) in [6, 6.07) is 4.71. The van der Waals surface area contributed by atoms with Gasteiger partial charge in [0, 0.05) is 38.4 Å². The van der Waals surface area contributed by atoms with E-state index in [-0.39, 0.29) is 24.4 Å². The molecular formula is C26H30F2N6O5. The fourth-order valence-corrected chi connectivity index (χ4v) is 5.12. The van der Waals surface area contributed by atoms with Crippen LogP contribution in [0.5, 0.6) is 5.75 Å². The molecule has 13 heteroatoms. The fraction of sp³-hybridized carbons (Fsp3) is 0.538. The second-order valence-corrected chi connectivity index (χ2v) is 10.1. The maximum atomic E-state index is 13.5. The predicted octanol–water partition coefficient (Wildman–Crippen LogP) is 3.17. The number of pyridine rings is 2. The first-order valence-corrected chi connectivity index (χ1v) is 13.2. The van der Waals surface area contributed by atoms with E-state index in [0.29, 0.717) is 49.4 Å². The highest BCUT2D eigenvalue weighted by molar-refractivity contribution is 6.05. The largest absolute Gasteiger partial charge is 0.491 e. The molecule has 11 nitrogen and oxygen atoms in total.